The van der Waals surface area contributed by atoms with Gasteiger partial charge in [0.05, 0.1) is 12.0 Å². The van der Waals surface area contributed by atoms with Gasteiger partial charge in [-0.1, -0.05) is 6.42 Å². The summed E-state index contributed by atoms with van der Waals surface area (Å²) < 4.78 is 5.44. The average molecular weight is 208 g/mol. The summed E-state index contributed by atoms with van der Waals surface area (Å²) in [5.74, 6) is 0.245. The first kappa shape index (κ1) is 10.9. The van der Waals surface area contributed by atoms with Crippen LogP contribution in [0, 0.1) is 17.2 Å². The van der Waals surface area contributed by atoms with E-state index in [2.05, 4.69) is 11.4 Å². The summed E-state index contributed by atoms with van der Waals surface area (Å²) in [6.07, 6.45) is 6.93. The molecule has 1 saturated heterocycles. The molecule has 0 amide bonds. The van der Waals surface area contributed by atoms with E-state index in [1.54, 1.807) is 0 Å². The molecule has 2 aliphatic rings. The van der Waals surface area contributed by atoms with Crippen molar-refractivity contribution in [2.24, 2.45) is 5.92 Å². The van der Waals surface area contributed by atoms with Gasteiger partial charge in [0.1, 0.15) is 0 Å². The van der Waals surface area contributed by atoms with Crippen LogP contribution in [0.1, 0.15) is 38.5 Å². The molecule has 2 rings (SSSR count). The monoisotopic (exact) mass is 208 g/mol. The quantitative estimate of drug-likeness (QED) is 0.753. The normalized spacial score (nSPS) is 37.1. The Labute approximate surface area is 91.8 Å². The molecular formula is C12H20N2O. The molecule has 0 aromatic carbocycles. The summed E-state index contributed by atoms with van der Waals surface area (Å²) in [6.45, 7) is 1.78. The van der Waals surface area contributed by atoms with Crippen LogP contribution >= 0.6 is 0 Å². The highest BCUT2D eigenvalue weighted by atomic mass is 16.5. The third kappa shape index (κ3) is 2.93. The lowest BCUT2D eigenvalue weighted by atomic mass is 10.0. The molecule has 1 saturated carbocycles. The van der Waals surface area contributed by atoms with Crippen molar-refractivity contribution in [2.45, 2.75) is 50.6 Å². The SMILES string of the molecule is N#CC1CCCC1NC1CCCOCC1. The molecule has 0 bridgehead atoms. The zero-order valence-electron chi connectivity index (χ0n) is 9.24. The van der Waals surface area contributed by atoms with Gasteiger partial charge in [-0.3, -0.25) is 0 Å². The first-order valence-corrected chi connectivity index (χ1v) is 6.13. The Hall–Kier alpha value is -0.590. The van der Waals surface area contributed by atoms with Crippen molar-refractivity contribution in [2.75, 3.05) is 13.2 Å². The summed E-state index contributed by atoms with van der Waals surface area (Å²) in [4.78, 5) is 0. The number of hydrogen-bond acceptors (Lipinski definition) is 3. The van der Waals surface area contributed by atoms with Crippen LogP contribution in [0.3, 0.4) is 0 Å². The Balaban J connectivity index is 1.82. The van der Waals surface area contributed by atoms with Gasteiger partial charge in [-0.25, -0.2) is 0 Å². The van der Waals surface area contributed by atoms with Crippen LogP contribution in [0.15, 0.2) is 0 Å². The highest BCUT2D eigenvalue weighted by Gasteiger charge is 2.28. The van der Waals surface area contributed by atoms with Crippen LogP contribution < -0.4 is 5.32 Å². The standard InChI is InChI=1S/C12H20N2O/c13-9-10-3-1-5-12(10)14-11-4-2-7-15-8-6-11/h10-12,14H,1-8H2. The van der Waals surface area contributed by atoms with Gasteiger partial charge in [0.15, 0.2) is 0 Å². The minimum Gasteiger partial charge on any atom is -0.381 e. The van der Waals surface area contributed by atoms with E-state index < -0.39 is 0 Å². The van der Waals surface area contributed by atoms with E-state index >= 15 is 0 Å². The smallest absolute Gasteiger partial charge is 0.0672 e. The maximum absolute atomic E-state index is 9.01. The summed E-state index contributed by atoms with van der Waals surface area (Å²) in [5, 5.41) is 12.7. The van der Waals surface area contributed by atoms with Gasteiger partial charge in [0.25, 0.3) is 0 Å². The predicted molar refractivity (Wildman–Crippen MR) is 58.3 cm³/mol. The second-order valence-corrected chi connectivity index (χ2v) is 4.68. The number of hydrogen-bond donors (Lipinski definition) is 1. The average Bonchev–Trinajstić information content (AvgIpc) is 2.53. The Morgan fingerprint density at radius 1 is 1.07 bits per heavy atom. The van der Waals surface area contributed by atoms with Crippen LogP contribution in [-0.2, 0) is 4.74 Å². The Morgan fingerprint density at radius 2 is 2.00 bits per heavy atom. The highest BCUT2D eigenvalue weighted by molar-refractivity contribution is 4.97. The Kier molecular flexibility index (Phi) is 3.99. The molecule has 0 aromatic rings. The van der Waals surface area contributed by atoms with E-state index in [4.69, 9.17) is 10.00 Å². The molecule has 1 aliphatic carbocycles. The summed E-state index contributed by atoms with van der Waals surface area (Å²) in [5.41, 5.74) is 0. The molecule has 3 heteroatoms. The van der Waals surface area contributed by atoms with Gasteiger partial charge in [-0.05, 0) is 32.1 Å². The fourth-order valence-electron chi connectivity index (χ4n) is 2.69. The number of nitriles is 1. The molecule has 0 radical (unpaired) electrons. The topological polar surface area (TPSA) is 45.0 Å². The minimum absolute atomic E-state index is 0.245. The molecule has 15 heavy (non-hydrogen) atoms. The maximum atomic E-state index is 9.01. The van der Waals surface area contributed by atoms with Crippen molar-refractivity contribution >= 4 is 0 Å². The minimum atomic E-state index is 0.245. The van der Waals surface area contributed by atoms with Crippen molar-refractivity contribution < 1.29 is 4.74 Å². The second-order valence-electron chi connectivity index (χ2n) is 4.68. The zero-order chi connectivity index (χ0) is 10.5. The van der Waals surface area contributed by atoms with Gasteiger partial charge in [0, 0.05) is 25.3 Å². The zero-order valence-corrected chi connectivity index (χ0v) is 9.24. The van der Waals surface area contributed by atoms with Gasteiger partial charge >= 0.3 is 0 Å². The van der Waals surface area contributed by atoms with Crippen LogP contribution in [0.25, 0.3) is 0 Å². The molecule has 2 fully saturated rings. The molecule has 84 valence electrons. The van der Waals surface area contributed by atoms with Crippen molar-refractivity contribution in [3.8, 4) is 6.07 Å². The Bertz CT molecular complexity index is 228. The second kappa shape index (κ2) is 5.48. The third-order valence-corrected chi connectivity index (χ3v) is 3.58. The largest absolute Gasteiger partial charge is 0.381 e. The lowest BCUT2D eigenvalue weighted by molar-refractivity contribution is 0.142. The molecule has 3 atom stereocenters. The van der Waals surface area contributed by atoms with Crippen LogP contribution in [0.4, 0.5) is 0 Å². The molecule has 1 heterocycles. The molecule has 1 N–H and O–H groups in total. The summed E-state index contributed by atoms with van der Waals surface area (Å²) >= 11 is 0. The molecule has 3 nitrogen and oxygen atoms in total. The molecule has 1 aliphatic heterocycles. The molecule has 0 aromatic heterocycles. The van der Waals surface area contributed by atoms with Gasteiger partial charge in [-0.15, -0.1) is 0 Å². The van der Waals surface area contributed by atoms with E-state index in [0.29, 0.717) is 12.1 Å². The van der Waals surface area contributed by atoms with Crippen LogP contribution in [0.2, 0.25) is 0 Å². The highest BCUT2D eigenvalue weighted by Crippen LogP contribution is 2.26. The van der Waals surface area contributed by atoms with Crippen molar-refractivity contribution in [3.05, 3.63) is 0 Å². The number of rotatable bonds is 2. The van der Waals surface area contributed by atoms with Gasteiger partial charge in [0.2, 0.25) is 0 Å². The number of nitrogens with one attached hydrogen (secondary N) is 1. The molecular weight excluding hydrogens is 188 g/mol. The van der Waals surface area contributed by atoms with E-state index in [-0.39, 0.29) is 5.92 Å². The Morgan fingerprint density at radius 3 is 2.87 bits per heavy atom. The lowest BCUT2D eigenvalue weighted by Crippen LogP contribution is -2.40. The van der Waals surface area contributed by atoms with E-state index in [1.165, 1.54) is 19.3 Å². The number of nitrogens with zero attached hydrogens (tertiary/aromatic N) is 1. The summed E-state index contributed by atoms with van der Waals surface area (Å²) in [7, 11) is 0. The van der Waals surface area contributed by atoms with E-state index in [0.717, 1.165) is 32.5 Å². The molecule has 3 unspecified atom stereocenters. The van der Waals surface area contributed by atoms with Gasteiger partial charge in [-0.2, -0.15) is 5.26 Å². The van der Waals surface area contributed by atoms with Crippen LogP contribution in [0.5, 0.6) is 0 Å². The first-order valence-electron chi connectivity index (χ1n) is 6.13. The van der Waals surface area contributed by atoms with Crippen molar-refractivity contribution in [1.82, 2.24) is 5.32 Å². The fourth-order valence-corrected chi connectivity index (χ4v) is 2.69. The van der Waals surface area contributed by atoms with E-state index in [9.17, 15) is 0 Å². The first-order chi connectivity index (χ1) is 7.40. The maximum Gasteiger partial charge on any atom is 0.0672 e. The van der Waals surface area contributed by atoms with Gasteiger partial charge < -0.3 is 10.1 Å². The van der Waals surface area contributed by atoms with Crippen molar-refractivity contribution in [1.29, 1.82) is 5.26 Å². The predicted octanol–water partition coefficient (Wildman–Crippen LogP) is 1.84. The lowest BCUT2D eigenvalue weighted by Gasteiger charge is -2.23. The van der Waals surface area contributed by atoms with Crippen LogP contribution in [-0.4, -0.2) is 25.3 Å². The summed E-state index contributed by atoms with van der Waals surface area (Å²) in [6, 6.07) is 3.44. The fraction of sp³-hybridized carbons (Fsp3) is 0.917. The number of ether oxygens (including phenoxy) is 1. The van der Waals surface area contributed by atoms with E-state index in [1.807, 2.05) is 0 Å². The molecule has 0 spiro atoms. The van der Waals surface area contributed by atoms with Crippen molar-refractivity contribution in [3.63, 3.8) is 0 Å². The third-order valence-electron chi connectivity index (χ3n) is 3.58.